The molecule has 1 heterocycles. The fourth-order valence-corrected chi connectivity index (χ4v) is 2.65. The quantitative estimate of drug-likeness (QED) is 0.620. The van der Waals surface area contributed by atoms with Crippen molar-refractivity contribution in [3.05, 3.63) is 72.3 Å². The predicted octanol–water partition coefficient (Wildman–Crippen LogP) is 4.80. The van der Waals surface area contributed by atoms with Crippen LogP contribution in [0.3, 0.4) is 0 Å². The minimum absolute atomic E-state index is 0.105. The van der Waals surface area contributed by atoms with E-state index in [-0.39, 0.29) is 11.7 Å². The number of aromatic nitrogens is 2. The molecule has 0 spiro atoms. The van der Waals surface area contributed by atoms with E-state index in [0.29, 0.717) is 29.5 Å². The first-order valence-corrected chi connectivity index (χ1v) is 9.24. The van der Waals surface area contributed by atoms with Crippen molar-refractivity contribution in [3.63, 3.8) is 0 Å². The van der Waals surface area contributed by atoms with E-state index in [0.717, 1.165) is 17.7 Å². The van der Waals surface area contributed by atoms with Crippen LogP contribution in [0.4, 0.5) is 16.0 Å². The standard InChI is InChI=1S/C22H23FN4O/c1-15(2)9-10-24-21(28)17-6-4-8-20(12-17)27-22-25-13-18(14-26-22)16-5-3-7-19(23)11-16/h3-8,11-15H,9-10H2,1-2H3,(H,24,28)(H,25,26,27). The van der Waals surface area contributed by atoms with Crippen LogP contribution >= 0.6 is 0 Å². The molecule has 0 atom stereocenters. The molecule has 1 amide bonds. The number of carbonyl (C=O) groups excluding carboxylic acids is 1. The van der Waals surface area contributed by atoms with E-state index in [2.05, 4.69) is 34.4 Å². The van der Waals surface area contributed by atoms with Gasteiger partial charge in [-0.25, -0.2) is 14.4 Å². The van der Waals surface area contributed by atoms with Gasteiger partial charge in [0.15, 0.2) is 0 Å². The SMILES string of the molecule is CC(C)CCNC(=O)c1cccc(Nc2ncc(-c3cccc(F)c3)cn2)c1. The summed E-state index contributed by atoms with van der Waals surface area (Å²) < 4.78 is 13.4. The summed E-state index contributed by atoms with van der Waals surface area (Å²) in [5.74, 6) is 0.535. The van der Waals surface area contributed by atoms with E-state index in [1.165, 1.54) is 12.1 Å². The van der Waals surface area contributed by atoms with Gasteiger partial charge in [0.2, 0.25) is 5.95 Å². The monoisotopic (exact) mass is 378 g/mol. The van der Waals surface area contributed by atoms with Gasteiger partial charge >= 0.3 is 0 Å². The van der Waals surface area contributed by atoms with Crippen LogP contribution in [0.1, 0.15) is 30.6 Å². The van der Waals surface area contributed by atoms with Crippen molar-refractivity contribution in [2.75, 3.05) is 11.9 Å². The predicted molar refractivity (Wildman–Crippen MR) is 109 cm³/mol. The summed E-state index contributed by atoms with van der Waals surface area (Å²) in [4.78, 5) is 20.8. The molecule has 0 aliphatic heterocycles. The molecule has 0 radical (unpaired) electrons. The Bertz CT molecular complexity index is 941. The number of nitrogens with zero attached hydrogens (tertiary/aromatic N) is 2. The number of benzene rings is 2. The van der Waals surface area contributed by atoms with E-state index in [1.54, 1.807) is 42.7 Å². The smallest absolute Gasteiger partial charge is 0.251 e. The highest BCUT2D eigenvalue weighted by Crippen LogP contribution is 2.20. The molecule has 144 valence electrons. The van der Waals surface area contributed by atoms with Crippen LogP contribution in [0.15, 0.2) is 60.9 Å². The summed E-state index contributed by atoms with van der Waals surface area (Å²) >= 11 is 0. The third-order valence-electron chi connectivity index (χ3n) is 4.20. The molecule has 0 aliphatic carbocycles. The van der Waals surface area contributed by atoms with Crippen LogP contribution in [-0.4, -0.2) is 22.4 Å². The van der Waals surface area contributed by atoms with Gasteiger partial charge in [0.1, 0.15) is 5.82 Å². The molecule has 3 rings (SSSR count). The van der Waals surface area contributed by atoms with E-state index < -0.39 is 0 Å². The van der Waals surface area contributed by atoms with Gasteiger partial charge in [-0.3, -0.25) is 4.79 Å². The van der Waals surface area contributed by atoms with E-state index in [9.17, 15) is 9.18 Å². The Kier molecular flexibility index (Phi) is 6.32. The van der Waals surface area contributed by atoms with Crippen molar-refractivity contribution in [2.45, 2.75) is 20.3 Å². The lowest BCUT2D eigenvalue weighted by Crippen LogP contribution is -2.25. The van der Waals surface area contributed by atoms with Crippen LogP contribution in [-0.2, 0) is 0 Å². The normalized spacial score (nSPS) is 10.7. The van der Waals surface area contributed by atoms with Crippen LogP contribution in [0.2, 0.25) is 0 Å². The summed E-state index contributed by atoms with van der Waals surface area (Å²) in [7, 11) is 0. The number of hydrogen-bond donors (Lipinski definition) is 2. The molecule has 3 aromatic rings. The summed E-state index contributed by atoms with van der Waals surface area (Å²) in [5.41, 5.74) is 2.73. The van der Waals surface area contributed by atoms with Crippen molar-refractivity contribution in [3.8, 4) is 11.1 Å². The Morgan fingerprint density at radius 2 is 1.79 bits per heavy atom. The van der Waals surface area contributed by atoms with E-state index >= 15 is 0 Å². The zero-order valence-electron chi connectivity index (χ0n) is 15.9. The summed E-state index contributed by atoms with van der Waals surface area (Å²) in [5, 5.41) is 6.01. The Hall–Kier alpha value is -3.28. The Labute approximate surface area is 164 Å². The lowest BCUT2D eigenvalue weighted by atomic mass is 10.1. The largest absolute Gasteiger partial charge is 0.352 e. The number of halogens is 1. The summed E-state index contributed by atoms with van der Waals surface area (Å²) in [6.45, 7) is 4.89. The average molecular weight is 378 g/mol. The Morgan fingerprint density at radius 1 is 1.04 bits per heavy atom. The van der Waals surface area contributed by atoms with Gasteiger partial charge in [-0.05, 0) is 48.2 Å². The van der Waals surface area contributed by atoms with Crippen LogP contribution < -0.4 is 10.6 Å². The molecule has 0 saturated carbocycles. The van der Waals surface area contributed by atoms with Crippen LogP contribution in [0.25, 0.3) is 11.1 Å². The molecule has 6 heteroatoms. The molecule has 2 N–H and O–H groups in total. The van der Waals surface area contributed by atoms with Gasteiger partial charge in [-0.2, -0.15) is 0 Å². The minimum Gasteiger partial charge on any atom is -0.352 e. The molecular formula is C22H23FN4O. The first-order chi connectivity index (χ1) is 13.5. The zero-order valence-corrected chi connectivity index (χ0v) is 15.9. The molecule has 2 aromatic carbocycles. The molecule has 0 aliphatic rings. The summed E-state index contributed by atoms with van der Waals surface area (Å²) in [6, 6.07) is 13.5. The second kappa shape index (κ2) is 9.08. The van der Waals surface area contributed by atoms with Crippen molar-refractivity contribution >= 4 is 17.5 Å². The van der Waals surface area contributed by atoms with Crippen LogP contribution in [0.5, 0.6) is 0 Å². The zero-order chi connectivity index (χ0) is 19.9. The molecule has 0 bridgehead atoms. The van der Waals surface area contributed by atoms with Gasteiger partial charge in [0, 0.05) is 35.8 Å². The lowest BCUT2D eigenvalue weighted by Gasteiger charge is -2.09. The second-order valence-corrected chi connectivity index (χ2v) is 6.95. The first-order valence-electron chi connectivity index (χ1n) is 9.24. The Morgan fingerprint density at radius 3 is 2.50 bits per heavy atom. The van der Waals surface area contributed by atoms with Gasteiger partial charge in [0.05, 0.1) is 0 Å². The third kappa shape index (κ3) is 5.36. The van der Waals surface area contributed by atoms with Gasteiger partial charge in [0.25, 0.3) is 5.91 Å². The highest BCUT2D eigenvalue weighted by Gasteiger charge is 2.07. The fourth-order valence-electron chi connectivity index (χ4n) is 2.65. The second-order valence-electron chi connectivity index (χ2n) is 6.95. The maximum atomic E-state index is 13.4. The number of hydrogen-bond acceptors (Lipinski definition) is 4. The summed E-state index contributed by atoms with van der Waals surface area (Å²) in [6.07, 6.45) is 4.20. The molecule has 0 fully saturated rings. The van der Waals surface area contributed by atoms with Crippen molar-refractivity contribution in [2.24, 2.45) is 5.92 Å². The average Bonchev–Trinajstić information content (AvgIpc) is 2.68. The van der Waals surface area contributed by atoms with Gasteiger partial charge in [-0.1, -0.05) is 32.0 Å². The first kappa shape index (κ1) is 19.5. The number of rotatable bonds is 7. The minimum atomic E-state index is -0.303. The maximum Gasteiger partial charge on any atom is 0.251 e. The van der Waals surface area contributed by atoms with Crippen molar-refractivity contribution in [1.29, 1.82) is 0 Å². The van der Waals surface area contributed by atoms with Crippen molar-refractivity contribution < 1.29 is 9.18 Å². The molecule has 5 nitrogen and oxygen atoms in total. The molecule has 1 aromatic heterocycles. The number of anilines is 2. The Balaban J connectivity index is 1.66. The van der Waals surface area contributed by atoms with Crippen LogP contribution in [0, 0.1) is 11.7 Å². The number of nitrogens with one attached hydrogen (secondary N) is 2. The lowest BCUT2D eigenvalue weighted by molar-refractivity contribution is 0.0952. The topological polar surface area (TPSA) is 66.9 Å². The molecule has 0 saturated heterocycles. The number of carbonyl (C=O) groups is 1. The molecular weight excluding hydrogens is 355 g/mol. The number of amides is 1. The highest BCUT2D eigenvalue weighted by molar-refractivity contribution is 5.95. The van der Waals surface area contributed by atoms with E-state index in [1.807, 2.05) is 6.07 Å². The maximum absolute atomic E-state index is 13.4. The molecule has 28 heavy (non-hydrogen) atoms. The van der Waals surface area contributed by atoms with E-state index in [4.69, 9.17) is 0 Å². The third-order valence-corrected chi connectivity index (χ3v) is 4.20. The fraction of sp³-hybridized carbons (Fsp3) is 0.227. The van der Waals surface area contributed by atoms with Gasteiger partial charge < -0.3 is 10.6 Å². The van der Waals surface area contributed by atoms with Gasteiger partial charge in [-0.15, -0.1) is 0 Å². The van der Waals surface area contributed by atoms with Crippen molar-refractivity contribution in [1.82, 2.24) is 15.3 Å². The molecule has 0 unspecified atom stereocenters. The highest BCUT2D eigenvalue weighted by atomic mass is 19.1.